The molecule has 0 bridgehead atoms. The normalized spacial score (nSPS) is 13.3. The zero-order valence-corrected chi connectivity index (χ0v) is 13.7. The standard InChI is InChI=1S/C17H24N2O4/c1-22-14-7-3-12(11-15(14)23-2)4-8-16(20)18-9-10-19-17(21)13-5-6-13/h3,7,11,13H,4-6,8-10H2,1-2H3,(H,18,20)(H,19,21). The Hall–Kier alpha value is -2.24. The van der Waals surface area contributed by atoms with Gasteiger partial charge in [-0.25, -0.2) is 0 Å². The monoisotopic (exact) mass is 320 g/mol. The van der Waals surface area contributed by atoms with Gasteiger partial charge in [0.15, 0.2) is 11.5 Å². The third kappa shape index (κ3) is 5.47. The quantitative estimate of drug-likeness (QED) is 0.672. The van der Waals surface area contributed by atoms with Gasteiger partial charge < -0.3 is 20.1 Å². The lowest BCUT2D eigenvalue weighted by molar-refractivity contribution is -0.123. The second-order valence-corrected chi connectivity index (χ2v) is 5.60. The van der Waals surface area contributed by atoms with Crippen molar-refractivity contribution in [2.24, 2.45) is 5.92 Å². The van der Waals surface area contributed by atoms with Crippen LogP contribution in [0.1, 0.15) is 24.8 Å². The van der Waals surface area contributed by atoms with Gasteiger partial charge in [0.05, 0.1) is 14.2 Å². The number of amides is 2. The molecule has 1 aromatic rings. The average Bonchev–Trinajstić information content (AvgIpc) is 3.41. The molecule has 6 nitrogen and oxygen atoms in total. The van der Waals surface area contributed by atoms with Crippen molar-refractivity contribution in [1.29, 1.82) is 0 Å². The third-order valence-corrected chi connectivity index (χ3v) is 3.78. The smallest absolute Gasteiger partial charge is 0.223 e. The SMILES string of the molecule is COc1ccc(CCC(=O)NCCNC(=O)C2CC2)cc1OC. The molecule has 23 heavy (non-hydrogen) atoms. The van der Waals surface area contributed by atoms with Crippen LogP contribution in [0.15, 0.2) is 18.2 Å². The fourth-order valence-electron chi connectivity index (χ4n) is 2.26. The molecular formula is C17H24N2O4. The lowest BCUT2D eigenvalue weighted by atomic mass is 10.1. The topological polar surface area (TPSA) is 76.7 Å². The van der Waals surface area contributed by atoms with Crippen LogP contribution in [0.25, 0.3) is 0 Å². The molecule has 0 aliphatic heterocycles. The van der Waals surface area contributed by atoms with Crippen molar-refractivity contribution < 1.29 is 19.1 Å². The largest absolute Gasteiger partial charge is 0.493 e. The van der Waals surface area contributed by atoms with Crippen molar-refractivity contribution in [3.8, 4) is 11.5 Å². The lowest BCUT2D eigenvalue weighted by Gasteiger charge is -2.10. The van der Waals surface area contributed by atoms with Gasteiger partial charge in [0.25, 0.3) is 0 Å². The lowest BCUT2D eigenvalue weighted by Crippen LogP contribution is -2.35. The number of nitrogens with one attached hydrogen (secondary N) is 2. The van der Waals surface area contributed by atoms with E-state index in [1.54, 1.807) is 14.2 Å². The van der Waals surface area contributed by atoms with E-state index in [9.17, 15) is 9.59 Å². The average molecular weight is 320 g/mol. The molecule has 1 aromatic carbocycles. The number of rotatable bonds is 9. The van der Waals surface area contributed by atoms with E-state index in [0.29, 0.717) is 37.4 Å². The zero-order chi connectivity index (χ0) is 16.7. The first-order valence-corrected chi connectivity index (χ1v) is 7.89. The third-order valence-electron chi connectivity index (χ3n) is 3.78. The number of hydrogen-bond acceptors (Lipinski definition) is 4. The Balaban J connectivity index is 1.66. The van der Waals surface area contributed by atoms with E-state index in [2.05, 4.69) is 10.6 Å². The molecule has 0 unspecified atom stereocenters. The van der Waals surface area contributed by atoms with E-state index in [4.69, 9.17) is 9.47 Å². The Morgan fingerprint density at radius 1 is 1.09 bits per heavy atom. The highest BCUT2D eigenvalue weighted by molar-refractivity contribution is 5.81. The first-order valence-electron chi connectivity index (χ1n) is 7.89. The summed E-state index contributed by atoms with van der Waals surface area (Å²) in [5.74, 6) is 1.61. The maximum Gasteiger partial charge on any atom is 0.223 e. The van der Waals surface area contributed by atoms with Crippen LogP contribution in [0, 0.1) is 5.92 Å². The summed E-state index contributed by atoms with van der Waals surface area (Å²) in [5.41, 5.74) is 1.01. The predicted molar refractivity (Wildman–Crippen MR) is 86.6 cm³/mol. The molecule has 0 aromatic heterocycles. The summed E-state index contributed by atoms with van der Waals surface area (Å²) in [6, 6.07) is 5.63. The van der Waals surface area contributed by atoms with Gasteiger partial charge in [-0.1, -0.05) is 6.07 Å². The minimum absolute atomic E-state index is 0.0274. The molecule has 1 aliphatic carbocycles. The van der Waals surface area contributed by atoms with Crippen LogP contribution in [-0.2, 0) is 16.0 Å². The Morgan fingerprint density at radius 3 is 2.43 bits per heavy atom. The van der Waals surface area contributed by atoms with Gasteiger partial charge in [0, 0.05) is 25.4 Å². The van der Waals surface area contributed by atoms with E-state index < -0.39 is 0 Å². The molecular weight excluding hydrogens is 296 g/mol. The molecule has 6 heteroatoms. The van der Waals surface area contributed by atoms with Crippen molar-refractivity contribution in [3.63, 3.8) is 0 Å². The van der Waals surface area contributed by atoms with E-state index in [0.717, 1.165) is 18.4 Å². The summed E-state index contributed by atoms with van der Waals surface area (Å²) in [6.45, 7) is 0.945. The summed E-state index contributed by atoms with van der Waals surface area (Å²) >= 11 is 0. The van der Waals surface area contributed by atoms with Crippen molar-refractivity contribution >= 4 is 11.8 Å². The number of aryl methyl sites for hydroxylation is 1. The highest BCUT2D eigenvalue weighted by atomic mass is 16.5. The van der Waals surface area contributed by atoms with Crippen molar-refractivity contribution in [2.45, 2.75) is 25.7 Å². The molecule has 0 spiro atoms. The van der Waals surface area contributed by atoms with Crippen molar-refractivity contribution in [2.75, 3.05) is 27.3 Å². The summed E-state index contributed by atoms with van der Waals surface area (Å²) in [5, 5.41) is 5.63. The molecule has 1 aliphatic rings. The van der Waals surface area contributed by atoms with Crippen LogP contribution in [-0.4, -0.2) is 39.1 Å². The second kappa shape index (κ2) is 8.41. The van der Waals surface area contributed by atoms with E-state index in [1.165, 1.54) is 0 Å². The molecule has 2 N–H and O–H groups in total. The first-order chi connectivity index (χ1) is 11.1. The van der Waals surface area contributed by atoms with Crippen molar-refractivity contribution in [1.82, 2.24) is 10.6 Å². The maximum absolute atomic E-state index is 11.8. The highest BCUT2D eigenvalue weighted by Gasteiger charge is 2.28. The van der Waals surface area contributed by atoms with Gasteiger partial charge in [-0.05, 0) is 37.0 Å². The van der Waals surface area contributed by atoms with Crippen LogP contribution in [0.4, 0.5) is 0 Å². The molecule has 0 radical (unpaired) electrons. The van der Waals surface area contributed by atoms with Gasteiger partial charge in [-0.15, -0.1) is 0 Å². The Labute approximate surface area is 136 Å². The van der Waals surface area contributed by atoms with E-state index >= 15 is 0 Å². The van der Waals surface area contributed by atoms with Crippen molar-refractivity contribution in [3.05, 3.63) is 23.8 Å². The Kier molecular flexibility index (Phi) is 6.26. The molecule has 1 saturated carbocycles. The van der Waals surface area contributed by atoms with E-state index in [1.807, 2.05) is 18.2 Å². The van der Waals surface area contributed by atoms with Gasteiger partial charge >= 0.3 is 0 Å². The van der Waals surface area contributed by atoms with Crippen LogP contribution >= 0.6 is 0 Å². The number of carbonyl (C=O) groups excluding carboxylic acids is 2. The first kappa shape index (κ1) is 17.1. The van der Waals surface area contributed by atoms with Crippen LogP contribution in [0.5, 0.6) is 11.5 Å². The summed E-state index contributed by atoms with van der Waals surface area (Å²) < 4.78 is 10.4. The summed E-state index contributed by atoms with van der Waals surface area (Å²) in [6.07, 6.45) is 3.00. The fraction of sp³-hybridized carbons (Fsp3) is 0.529. The van der Waals surface area contributed by atoms with Crippen LogP contribution in [0.3, 0.4) is 0 Å². The molecule has 126 valence electrons. The number of carbonyl (C=O) groups is 2. The van der Waals surface area contributed by atoms with Gasteiger partial charge in [0.2, 0.25) is 11.8 Å². The molecule has 2 rings (SSSR count). The predicted octanol–water partition coefficient (Wildman–Crippen LogP) is 1.28. The zero-order valence-electron chi connectivity index (χ0n) is 13.7. The second-order valence-electron chi connectivity index (χ2n) is 5.60. The molecule has 0 heterocycles. The number of ether oxygens (including phenoxy) is 2. The van der Waals surface area contributed by atoms with E-state index in [-0.39, 0.29) is 17.7 Å². The number of methoxy groups -OCH3 is 2. The van der Waals surface area contributed by atoms with Crippen LogP contribution in [0.2, 0.25) is 0 Å². The summed E-state index contributed by atoms with van der Waals surface area (Å²) in [4.78, 5) is 23.2. The van der Waals surface area contributed by atoms with Gasteiger partial charge in [-0.3, -0.25) is 9.59 Å². The number of benzene rings is 1. The Morgan fingerprint density at radius 2 is 1.78 bits per heavy atom. The minimum atomic E-state index is -0.0274. The maximum atomic E-state index is 11.8. The Bertz CT molecular complexity index is 556. The molecule has 2 amide bonds. The van der Waals surface area contributed by atoms with Crippen LogP contribution < -0.4 is 20.1 Å². The minimum Gasteiger partial charge on any atom is -0.493 e. The molecule has 1 fully saturated rings. The summed E-state index contributed by atoms with van der Waals surface area (Å²) in [7, 11) is 3.18. The highest BCUT2D eigenvalue weighted by Crippen LogP contribution is 2.28. The number of hydrogen-bond donors (Lipinski definition) is 2. The fourth-order valence-corrected chi connectivity index (χ4v) is 2.26. The molecule has 0 atom stereocenters. The molecule has 0 saturated heterocycles. The van der Waals surface area contributed by atoms with Gasteiger partial charge in [0.1, 0.15) is 0 Å². The van der Waals surface area contributed by atoms with Gasteiger partial charge in [-0.2, -0.15) is 0 Å².